The van der Waals surface area contributed by atoms with Crippen molar-refractivity contribution < 1.29 is 9.47 Å². The molecule has 1 saturated carbocycles. The Bertz CT molecular complexity index is 384. The lowest BCUT2D eigenvalue weighted by Crippen LogP contribution is -2.53. The second-order valence-electron chi connectivity index (χ2n) is 7.19. The summed E-state index contributed by atoms with van der Waals surface area (Å²) in [4.78, 5) is 6.94. The third-order valence-corrected chi connectivity index (χ3v) is 5.40. The van der Waals surface area contributed by atoms with Crippen LogP contribution in [0.2, 0.25) is 0 Å². The predicted molar refractivity (Wildman–Crippen MR) is 119 cm³/mol. The van der Waals surface area contributed by atoms with Crippen molar-refractivity contribution in [3.05, 3.63) is 0 Å². The van der Waals surface area contributed by atoms with Crippen LogP contribution in [0.3, 0.4) is 0 Å². The monoisotopic (exact) mass is 482 g/mol. The maximum atomic E-state index is 5.68. The zero-order valence-corrected chi connectivity index (χ0v) is 19.2. The standard InChI is InChI=1S/C19H38N4O2.HI/c1-4-17(5-2)18(23-9-12-24-13-10-23)14-22-19(20-3)21-8-11-25-15-16-6-7-16;/h16-18H,4-15H2,1-3H3,(H2,20,21,22);1H. The molecule has 2 rings (SSSR count). The Balaban J connectivity index is 0.00000338. The molecule has 1 aliphatic carbocycles. The van der Waals surface area contributed by atoms with E-state index < -0.39 is 0 Å². The average Bonchev–Trinajstić information content (AvgIpc) is 3.48. The van der Waals surface area contributed by atoms with E-state index in [9.17, 15) is 0 Å². The fraction of sp³-hybridized carbons (Fsp3) is 0.947. The highest BCUT2D eigenvalue weighted by atomic mass is 127. The molecule has 0 radical (unpaired) electrons. The molecule has 0 aromatic rings. The van der Waals surface area contributed by atoms with E-state index in [-0.39, 0.29) is 24.0 Å². The van der Waals surface area contributed by atoms with Crippen LogP contribution in [0.4, 0.5) is 0 Å². The summed E-state index contributed by atoms with van der Waals surface area (Å²) < 4.78 is 11.2. The number of ether oxygens (including phenoxy) is 2. The lowest BCUT2D eigenvalue weighted by atomic mass is 9.92. The normalized spacial score (nSPS) is 19.9. The van der Waals surface area contributed by atoms with Crippen LogP contribution in [0.15, 0.2) is 4.99 Å². The maximum absolute atomic E-state index is 5.68. The Kier molecular flexibility index (Phi) is 12.8. The molecule has 2 fully saturated rings. The van der Waals surface area contributed by atoms with Gasteiger partial charge in [0, 0.05) is 45.9 Å². The number of hydrogen-bond donors (Lipinski definition) is 2. The van der Waals surface area contributed by atoms with Crippen molar-refractivity contribution in [2.75, 3.05) is 59.7 Å². The second-order valence-corrected chi connectivity index (χ2v) is 7.19. The van der Waals surface area contributed by atoms with Crippen LogP contribution in [-0.2, 0) is 9.47 Å². The molecule has 26 heavy (non-hydrogen) atoms. The van der Waals surface area contributed by atoms with Crippen molar-refractivity contribution in [1.82, 2.24) is 15.5 Å². The molecule has 1 saturated heterocycles. The van der Waals surface area contributed by atoms with Gasteiger partial charge < -0.3 is 20.1 Å². The second kappa shape index (κ2) is 14.0. The smallest absolute Gasteiger partial charge is 0.191 e. The molecule has 7 heteroatoms. The van der Waals surface area contributed by atoms with Crippen molar-refractivity contribution in [3.8, 4) is 0 Å². The predicted octanol–water partition coefficient (Wildman–Crippen LogP) is 2.33. The van der Waals surface area contributed by atoms with Gasteiger partial charge >= 0.3 is 0 Å². The Labute approximate surface area is 176 Å². The van der Waals surface area contributed by atoms with E-state index in [0.29, 0.717) is 12.0 Å². The van der Waals surface area contributed by atoms with Crippen molar-refractivity contribution in [1.29, 1.82) is 0 Å². The maximum Gasteiger partial charge on any atom is 0.191 e. The minimum absolute atomic E-state index is 0. The lowest BCUT2D eigenvalue weighted by Gasteiger charge is -2.39. The fourth-order valence-corrected chi connectivity index (χ4v) is 3.53. The molecular weight excluding hydrogens is 443 g/mol. The summed E-state index contributed by atoms with van der Waals surface area (Å²) in [5.41, 5.74) is 0. The largest absolute Gasteiger partial charge is 0.379 e. The van der Waals surface area contributed by atoms with Crippen molar-refractivity contribution >= 4 is 29.9 Å². The molecule has 1 unspecified atom stereocenters. The van der Waals surface area contributed by atoms with Crippen LogP contribution in [0.5, 0.6) is 0 Å². The highest BCUT2D eigenvalue weighted by Gasteiger charge is 2.27. The zero-order valence-electron chi connectivity index (χ0n) is 16.8. The summed E-state index contributed by atoms with van der Waals surface area (Å²) >= 11 is 0. The van der Waals surface area contributed by atoms with Gasteiger partial charge in [-0.1, -0.05) is 26.7 Å². The third kappa shape index (κ3) is 8.71. The number of hydrogen-bond acceptors (Lipinski definition) is 4. The summed E-state index contributed by atoms with van der Waals surface area (Å²) in [6, 6.07) is 0.531. The number of halogens is 1. The van der Waals surface area contributed by atoms with Gasteiger partial charge in [0.05, 0.1) is 19.8 Å². The number of nitrogens with one attached hydrogen (secondary N) is 2. The van der Waals surface area contributed by atoms with Gasteiger partial charge in [0.1, 0.15) is 0 Å². The number of guanidine groups is 1. The molecule has 0 spiro atoms. The first kappa shape index (κ1) is 23.9. The van der Waals surface area contributed by atoms with Crippen LogP contribution in [0.1, 0.15) is 39.5 Å². The van der Waals surface area contributed by atoms with Crippen LogP contribution < -0.4 is 10.6 Å². The van der Waals surface area contributed by atoms with Crippen molar-refractivity contribution in [2.45, 2.75) is 45.6 Å². The molecule has 0 aromatic carbocycles. The molecule has 154 valence electrons. The molecule has 1 heterocycles. The molecule has 0 bridgehead atoms. The van der Waals surface area contributed by atoms with E-state index in [1.807, 2.05) is 7.05 Å². The number of nitrogens with zero attached hydrogens (tertiary/aromatic N) is 2. The molecule has 2 N–H and O–H groups in total. The Morgan fingerprint density at radius 3 is 2.46 bits per heavy atom. The minimum Gasteiger partial charge on any atom is -0.379 e. The van der Waals surface area contributed by atoms with Gasteiger partial charge in [-0.2, -0.15) is 0 Å². The molecule has 0 aromatic heterocycles. The van der Waals surface area contributed by atoms with Gasteiger partial charge in [-0.3, -0.25) is 9.89 Å². The van der Waals surface area contributed by atoms with Crippen LogP contribution in [0.25, 0.3) is 0 Å². The van der Waals surface area contributed by atoms with E-state index in [2.05, 4.69) is 34.4 Å². The third-order valence-electron chi connectivity index (χ3n) is 5.40. The van der Waals surface area contributed by atoms with Crippen molar-refractivity contribution in [3.63, 3.8) is 0 Å². The van der Waals surface area contributed by atoms with Gasteiger partial charge in [0.2, 0.25) is 0 Å². The van der Waals surface area contributed by atoms with E-state index in [1.165, 1.54) is 25.7 Å². The quantitative estimate of drug-likeness (QED) is 0.205. The summed E-state index contributed by atoms with van der Waals surface area (Å²) in [6.07, 6.45) is 5.10. The summed E-state index contributed by atoms with van der Waals surface area (Å²) in [7, 11) is 1.83. The van der Waals surface area contributed by atoms with Crippen LogP contribution in [-0.4, -0.2) is 76.6 Å². The SMILES string of the molecule is CCC(CC)C(CNC(=NC)NCCOCC1CC1)N1CCOCC1.I. The lowest BCUT2D eigenvalue weighted by molar-refractivity contribution is 0.00271. The molecule has 2 aliphatic rings. The topological polar surface area (TPSA) is 58.1 Å². The summed E-state index contributed by atoms with van der Waals surface area (Å²) in [5, 5.41) is 6.90. The number of rotatable bonds is 11. The van der Waals surface area contributed by atoms with Gasteiger partial charge in [0.15, 0.2) is 5.96 Å². The average molecular weight is 482 g/mol. The van der Waals surface area contributed by atoms with E-state index in [1.54, 1.807) is 0 Å². The Hall–Kier alpha value is -0.120. The zero-order chi connectivity index (χ0) is 17.9. The summed E-state index contributed by atoms with van der Waals surface area (Å²) in [6.45, 7) is 11.8. The van der Waals surface area contributed by atoms with E-state index in [0.717, 1.165) is 64.5 Å². The first-order valence-electron chi connectivity index (χ1n) is 10.1. The molecule has 0 amide bonds. The summed E-state index contributed by atoms with van der Waals surface area (Å²) in [5.74, 6) is 2.40. The molecule has 6 nitrogen and oxygen atoms in total. The fourth-order valence-electron chi connectivity index (χ4n) is 3.53. The highest BCUT2D eigenvalue weighted by molar-refractivity contribution is 14.0. The van der Waals surface area contributed by atoms with Gasteiger partial charge in [0.25, 0.3) is 0 Å². The van der Waals surface area contributed by atoms with E-state index >= 15 is 0 Å². The number of morpholine rings is 1. The van der Waals surface area contributed by atoms with Crippen molar-refractivity contribution in [2.24, 2.45) is 16.8 Å². The molecule has 1 atom stereocenters. The van der Waals surface area contributed by atoms with Crippen LogP contribution >= 0.6 is 24.0 Å². The van der Waals surface area contributed by atoms with Gasteiger partial charge in [-0.05, 0) is 24.7 Å². The Morgan fingerprint density at radius 2 is 1.88 bits per heavy atom. The van der Waals surface area contributed by atoms with Crippen LogP contribution in [0, 0.1) is 11.8 Å². The van der Waals surface area contributed by atoms with Gasteiger partial charge in [-0.15, -0.1) is 24.0 Å². The first-order valence-corrected chi connectivity index (χ1v) is 10.1. The Morgan fingerprint density at radius 1 is 1.19 bits per heavy atom. The minimum atomic E-state index is 0. The number of aliphatic imine (C=N–C) groups is 1. The highest BCUT2D eigenvalue weighted by Crippen LogP contribution is 2.28. The first-order chi connectivity index (χ1) is 12.3. The molecular formula is C19H39IN4O2. The van der Waals surface area contributed by atoms with E-state index in [4.69, 9.17) is 9.47 Å². The molecule has 1 aliphatic heterocycles. The van der Waals surface area contributed by atoms with Gasteiger partial charge in [-0.25, -0.2) is 0 Å².